The minimum absolute atomic E-state index is 0.547. The van der Waals surface area contributed by atoms with E-state index in [2.05, 4.69) is 9.97 Å². The third-order valence-corrected chi connectivity index (χ3v) is 2.22. The molecule has 0 fully saturated rings. The van der Waals surface area contributed by atoms with Gasteiger partial charge < -0.3 is 5.73 Å². The maximum absolute atomic E-state index is 5.70. The van der Waals surface area contributed by atoms with E-state index in [4.69, 9.17) is 5.73 Å². The first-order valence-electron chi connectivity index (χ1n) is 4.82. The summed E-state index contributed by atoms with van der Waals surface area (Å²) in [6.07, 6.45) is 1.85. The second kappa shape index (κ2) is 3.69. The Bertz CT molecular complexity index is 454. The van der Waals surface area contributed by atoms with Crippen LogP contribution in [0.4, 0.5) is 5.82 Å². The van der Waals surface area contributed by atoms with Crippen LogP contribution in [0.25, 0.3) is 11.1 Å². The molecule has 0 bridgehead atoms. The molecule has 76 valence electrons. The number of nitrogen functional groups attached to an aromatic ring is 1. The van der Waals surface area contributed by atoms with E-state index in [9.17, 15) is 0 Å². The average Bonchev–Trinajstić information content (AvgIpc) is 2.17. The molecule has 0 atom stereocenters. The molecule has 2 aromatic rings. The zero-order valence-electron chi connectivity index (χ0n) is 8.86. The lowest BCUT2D eigenvalue weighted by Gasteiger charge is -2.04. The molecule has 0 unspecified atom stereocenters. The van der Waals surface area contributed by atoms with Crippen LogP contribution in [0, 0.1) is 13.8 Å². The monoisotopic (exact) mass is 199 g/mol. The number of anilines is 1. The van der Waals surface area contributed by atoms with Gasteiger partial charge in [0.25, 0.3) is 0 Å². The van der Waals surface area contributed by atoms with Gasteiger partial charge >= 0.3 is 0 Å². The fourth-order valence-electron chi connectivity index (χ4n) is 1.50. The number of pyridine rings is 2. The van der Waals surface area contributed by atoms with E-state index >= 15 is 0 Å². The first-order valence-corrected chi connectivity index (χ1v) is 4.82. The largest absolute Gasteiger partial charge is 0.384 e. The van der Waals surface area contributed by atoms with Crippen LogP contribution in [0.3, 0.4) is 0 Å². The van der Waals surface area contributed by atoms with Crippen molar-refractivity contribution in [1.29, 1.82) is 0 Å². The lowest BCUT2D eigenvalue weighted by Crippen LogP contribution is -1.93. The van der Waals surface area contributed by atoms with Crippen molar-refractivity contribution in [3.63, 3.8) is 0 Å². The van der Waals surface area contributed by atoms with Gasteiger partial charge in [-0.05, 0) is 37.6 Å². The third-order valence-electron chi connectivity index (χ3n) is 2.22. The molecule has 2 rings (SSSR count). The molecular formula is C12H13N3. The Morgan fingerprint density at radius 1 is 1.00 bits per heavy atom. The summed E-state index contributed by atoms with van der Waals surface area (Å²) in [5.41, 5.74) is 9.76. The van der Waals surface area contributed by atoms with Gasteiger partial charge in [0, 0.05) is 23.1 Å². The predicted molar refractivity (Wildman–Crippen MR) is 61.4 cm³/mol. The first kappa shape index (κ1) is 9.65. The number of rotatable bonds is 1. The van der Waals surface area contributed by atoms with Crippen molar-refractivity contribution in [1.82, 2.24) is 9.97 Å². The van der Waals surface area contributed by atoms with Gasteiger partial charge in [-0.2, -0.15) is 0 Å². The van der Waals surface area contributed by atoms with Crippen LogP contribution < -0.4 is 5.73 Å². The Labute approximate surface area is 89.0 Å². The van der Waals surface area contributed by atoms with Crippen LogP contribution in [-0.4, -0.2) is 9.97 Å². The highest BCUT2D eigenvalue weighted by atomic mass is 14.8. The Balaban J connectivity index is 2.49. The summed E-state index contributed by atoms with van der Waals surface area (Å²) >= 11 is 0. The van der Waals surface area contributed by atoms with Gasteiger partial charge in [-0.3, -0.25) is 4.98 Å². The third kappa shape index (κ3) is 2.13. The van der Waals surface area contributed by atoms with E-state index in [1.165, 1.54) is 0 Å². The second-order valence-corrected chi connectivity index (χ2v) is 3.61. The lowest BCUT2D eigenvalue weighted by atomic mass is 10.1. The van der Waals surface area contributed by atoms with Crippen molar-refractivity contribution in [3.8, 4) is 11.1 Å². The van der Waals surface area contributed by atoms with E-state index in [1.807, 2.05) is 44.3 Å². The molecule has 0 radical (unpaired) electrons. The van der Waals surface area contributed by atoms with Crippen molar-refractivity contribution in [2.45, 2.75) is 13.8 Å². The number of aromatic nitrogens is 2. The van der Waals surface area contributed by atoms with Crippen molar-refractivity contribution >= 4 is 5.82 Å². The average molecular weight is 199 g/mol. The smallest absolute Gasteiger partial charge is 0.124 e. The summed E-state index contributed by atoms with van der Waals surface area (Å²) in [6.45, 7) is 3.90. The molecule has 0 saturated carbocycles. The Kier molecular flexibility index (Phi) is 2.37. The van der Waals surface area contributed by atoms with Gasteiger partial charge in [0.05, 0.1) is 0 Å². The van der Waals surface area contributed by atoms with E-state index in [1.54, 1.807) is 0 Å². The molecule has 2 aromatic heterocycles. The highest BCUT2D eigenvalue weighted by Crippen LogP contribution is 2.20. The highest BCUT2D eigenvalue weighted by molar-refractivity contribution is 5.65. The van der Waals surface area contributed by atoms with E-state index in [0.29, 0.717) is 5.82 Å². The molecule has 3 nitrogen and oxygen atoms in total. The first-order chi connectivity index (χ1) is 7.15. The molecule has 0 saturated heterocycles. The summed E-state index contributed by atoms with van der Waals surface area (Å²) in [6, 6.07) is 7.89. The van der Waals surface area contributed by atoms with Crippen LogP contribution in [0.1, 0.15) is 11.4 Å². The molecule has 2 N–H and O–H groups in total. The zero-order chi connectivity index (χ0) is 10.8. The molecule has 2 heterocycles. The van der Waals surface area contributed by atoms with Gasteiger partial charge in [0.1, 0.15) is 5.82 Å². The van der Waals surface area contributed by atoms with Gasteiger partial charge in [-0.25, -0.2) is 4.98 Å². The standard InChI is InChI=1S/C12H13N3/c1-8-3-4-10(7-14-8)11-5-9(2)15-12(13)6-11/h3-7H,1-2H3,(H2,13,15). The summed E-state index contributed by atoms with van der Waals surface area (Å²) in [7, 11) is 0. The molecule has 0 aliphatic heterocycles. The maximum Gasteiger partial charge on any atom is 0.124 e. The number of nitrogens with two attached hydrogens (primary N) is 1. The zero-order valence-corrected chi connectivity index (χ0v) is 8.86. The fourth-order valence-corrected chi connectivity index (χ4v) is 1.50. The summed E-state index contributed by atoms with van der Waals surface area (Å²) < 4.78 is 0. The second-order valence-electron chi connectivity index (χ2n) is 3.61. The van der Waals surface area contributed by atoms with Crippen LogP contribution in [0.2, 0.25) is 0 Å². The minimum atomic E-state index is 0.547. The quantitative estimate of drug-likeness (QED) is 0.767. The van der Waals surface area contributed by atoms with Gasteiger partial charge in [0.15, 0.2) is 0 Å². The van der Waals surface area contributed by atoms with E-state index < -0.39 is 0 Å². The van der Waals surface area contributed by atoms with Crippen LogP contribution in [0.5, 0.6) is 0 Å². The molecule has 15 heavy (non-hydrogen) atoms. The van der Waals surface area contributed by atoms with Crippen molar-refractivity contribution in [2.75, 3.05) is 5.73 Å². The Morgan fingerprint density at radius 3 is 2.40 bits per heavy atom. The van der Waals surface area contributed by atoms with E-state index in [-0.39, 0.29) is 0 Å². The number of aryl methyl sites for hydroxylation is 2. The lowest BCUT2D eigenvalue weighted by molar-refractivity contribution is 1.19. The minimum Gasteiger partial charge on any atom is -0.384 e. The molecule has 0 aliphatic rings. The van der Waals surface area contributed by atoms with E-state index in [0.717, 1.165) is 22.5 Å². The van der Waals surface area contributed by atoms with Crippen molar-refractivity contribution in [3.05, 3.63) is 41.9 Å². The molecule has 0 aromatic carbocycles. The van der Waals surface area contributed by atoms with Gasteiger partial charge in [0.2, 0.25) is 0 Å². The van der Waals surface area contributed by atoms with Gasteiger partial charge in [-0.15, -0.1) is 0 Å². The molecule has 0 spiro atoms. The Hall–Kier alpha value is -1.90. The molecular weight excluding hydrogens is 186 g/mol. The van der Waals surface area contributed by atoms with Crippen LogP contribution >= 0.6 is 0 Å². The molecule has 0 amide bonds. The number of hydrogen-bond acceptors (Lipinski definition) is 3. The summed E-state index contributed by atoms with van der Waals surface area (Å²) in [5, 5.41) is 0. The normalized spacial score (nSPS) is 10.3. The molecule has 3 heteroatoms. The predicted octanol–water partition coefficient (Wildman–Crippen LogP) is 2.34. The fraction of sp³-hybridized carbons (Fsp3) is 0.167. The summed E-state index contributed by atoms with van der Waals surface area (Å²) in [4.78, 5) is 8.39. The van der Waals surface area contributed by atoms with Crippen molar-refractivity contribution in [2.24, 2.45) is 0 Å². The van der Waals surface area contributed by atoms with Crippen molar-refractivity contribution < 1.29 is 0 Å². The van der Waals surface area contributed by atoms with Crippen LogP contribution in [-0.2, 0) is 0 Å². The maximum atomic E-state index is 5.70. The highest BCUT2D eigenvalue weighted by Gasteiger charge is 2.00. The topological polar surface area (TPSA) is 51.8 Å². The number of nitrogens with zero attached hydrogens (tertiary/aromatic N) is 2. The SMILES string of the molecule is Cc1ccc(-c2cc(C)nc(N)c2)cn1. The molecule has 0 aliphatic carbocycles. The summed E-state index contributed by atoms with van der Waals surface area (Å²) in [5.74, 6) is 0.547. The Morgan fingerprint density at radius 2 is 1.80 bits per heavy atom. The number of hydrogen-bond donors (Lipinski definition) is 1. The van der Waals surface area contributed by atoms with Gasteiger partial charge in [-0.1, -0.05) is 6.07 Å². The van der Waals surface area contributed by atoms with Crippen LogP contribution in [0.15, 0.2) is 30.5 Å².